The third-order valence-corrected chi connectivity index (χ3v) is 3.60. The molecular weight excluding hydrogens is 210 g/mol. The van der Waals surface area contributed by atoms with Crippen LogP contribution < -0.4 is 5.32 Å². The number of piperidine rings is 1. The normalized spacial score (nSPS) is 20.1. The highest BCUT2D eigenvalue weighted by molar-refractivity contribution is 4.84. The van der Waals surface area contributed by atoms with Crippen molar-refractivity contribution in [2.75, 3.05) is 46.8 Å². The highest BCUT2D eigenvalue weighted by Crippen LogP contribution is 2.19. The lowest BCUT2D eigenvalue weighted by Crippen LogP contribution is -2.51. The molecule has 1 fully saturated rings. The zero-order valence-electron chi connectivity index (χ0n) is 12.4. The predicted molar refractivity (Wildman–Crippen MR) is 75.5 cm³/mol. The van der Waals surface area contributed by atoms with Crippen molar-refractivity contribution in [2.24, 2.45) is 5.92 Å². The van der Waals surface area contributed by atoms with Crippen molar-refractivity contribution in [3.05, 3.63) is 0 Å². The van der Waals surface area contributed by atoms with Gasteiger partial charge < -0.3 is 15.1 Å². The maximum Gasteiger partial charge on any atom is 0.0252 e. The molecule has 0 atom stereocenters. The van der Waals surface area contributed by atoms with E-state index in [-0.39, 0.29) is 5.54 Å². The molecule has 17 heavy (non-hydrogen) atoms. The Morgan fingerprint density at radius 3 is 2.29 bits per heavy atom. The Morgan fingerprint density at radius 2 is 1.82 bits per heavy atom. The van der Waals surface area contributed by atoms with Crippen LogP contribution in [0.5, 0.6) is 0 Å². The lowest BCUT2D eigenvalue weighted by Gasteiger charge is -2.38. The summed E-state index contributed by atoms with van der Waals surface area (Å²) < 4.78 is 0. The van der Waals surface area contributed by atoms with Gasteiger partial charge in [0.2, 0.25) is 0 Å². The summed E-state index contributed by atoms with van der Waals surface area (Å²) in [5.41, 5.74) is 0.253. The topological polar surface area (TPSA) is 18.5 Å². The first-order valence-electron chi connectivity index (χ1n) is 7.05. The van der Waals surface area contributed by atoms with Crippen LogP contribution in [0.1, 0.15) is 33.6 Å². The molecule has 1 aliphatic heterocycles. The molecule has 0 aliphatic carbocycles. The number of hydrogen-bond donors (Lipinski definition) is 1. The van der Waals surface area contributed by atoms with Gasteiger partial charge in [-0.1, -0.05) is 6.92 Å². The van der Waals surface area contributed by atoms with E-state index in [1.165, 1.54) is 39.0 Å². The van der Waals surface area contributed by atoms with E-state index in [1.807, 2.05) is 0 Å². The van der Waals surface area contributed by atoms with Crippen LogP contribution in [0.4, 0.5) is 0 Å². The molecule has 0 unspecified atom stereocenters. The van der Waals surface area contributed by atoms with E-state index in [4.69, 9.17) is 0 Å². The summed E-state index contributed by atoms with van der Waals surface area (Å²) in [6, 6.07) is 0. The number of hydrogen-bond acceptors (Lipinski definition) is 3. The van der Waals surface area contributed by atoms with Gasteiger partial charge in [0.05, 0.1) is 0 Å². The molecule has 0 saturated carbocycles. The lowest BCUT2D eigenvalue weighted by molar-refractivity contribution is 0.132. The molecular formula is C14H31N3. The Balaban J connectivity index is 2.27. The minimum Gasteiger partial charge on any atom is -0.311 e. The molecule has 0 bridgehead atoms. The summed E-state index contributed by atoms with van der Waals surface area (Å²) in [4.78, 5) is 4.94. The molecule has 1 N–H and O–H groups in total. The zero-order chi connectivity index (χ0) is 12.9. The van der Waals surface area contributed by atoms with Gasteiger partial charge in [-0.2, -0.15) is 0 Å². The van der Waals surface area contributed by atoms with Gasteiger partial charge in [-0.05, 0) is 66.3 Å². The molecule has 0 spiro atoms. The fourth-order valence-corrected chi connectivity index (χ4v) is 2.94. The quantitative estimate of drug-likeness (QED) is 0.763. The molecule has 3 heteroatoms. The van der Waals surface area contributed by atoms with Gasteiger partial charge in [-0.15, -0.1) is 0 Å². The molecule has 0 aromatic heterocycles. The Labute approximate surface area is 108 Å². The van der Waals surface area contributed by atoms with Crippen molar-refractivity contribution in [2.45, 2.75) is 39.2 Å². The fourth-order valence-electron chi connectivity index (χ4n) is 2.94. The van der Waals surface area contributed by atoms with Gasteiger partial charge in [-0.25, -0.2) is 0 Å². The van der Waals surface area contributed by atoms with Crippen LogP contribution in [-0.2, 0) is 0 Å². The van der Waals surface area contributed by atoms with Crippen molar-refractivity contribution < 1.29 is 0 Å². The summed E-state index contributed by atoms with van der Waals surface area (Å²) in [5.74, 6) is 0.906. The van der Waals surface area contributed by atoms with Gasteiger partial charge in [0.25, 0.3) is 0 Å². The number of likely N-dealkylation sites (N-methyl/N-ethyl adjacent to an activating group) is 1. The van der Waals surface area contributed by atoms with Crippen LogP contribution >= 0.6 is 0 Å². The Hall–Kier alpha value is -0.120. The average Bonchev–Trinajstić information content (AvgIpc) is 2.19. The van der Waals surface area contributed by atoms with Gasteiger partial charge in [0.1, 0.15) is 0 Å². The molecule has 0 radical (unpaired) electrons. The van der Waals surface area contributed by atoms with Crippen molar-refractivity contribution >= 4 is 0 Å². The summed E-state index contributed by atoms with van der Waals surface area (Å²) in [6.45, 7) is 12.8. The van der Waals surface area contributed by atoms with Crippen LogP contribution in [0.15, 0.2) is 0 Å². The Kier molecular flexibility index (Phi) is 5.90. The molecule has 3 nitrogen and oxygen atoms in total. The van der Waals surface area contributed by atoms with Crippen LogP contribution in [-0.4, -0.2) is 62.2 Å². The monoisotopic (exact) mass is 241 g/mol. The van der Waals surface area contributed by atoms with E-state index < -0.39 is 0 Å². The van der Waals surface area contributed by atoms with Crippen LogP contribution in [0.25, 0.3) is 0 Å². The third kappa shape index (κ3) is 5.84. The number of likely N-dealkylation sites (tertiary alicyclic amines) is 1. The molecule has 102 valence electrons. The minimum absolute atomic E-state index is 0.253. The van der Waals surface area contributed by atoms with E-state index in [2.05, 4.69) is 50.0 Å². The van der Waals surface area contributed by atoms with Gasteiger partial charge in [-0.3, -0.25) is 0 Å². The van der Waals surface area contributed by atoms with E-state index in [0.717, 1.165) is 12.5 Å². The van der Waals surface area contributed by atoms with Crippen LogP contribution in [0.3, 0.4) is 0 Å². The SMILES string of the molecule is CCNC(C)(C)CN1CCC(CN(C)C)CC1. The maximum atomic E-state index is 3.56. The van der Waals surface area contributed by atoms with E-state index in [0.29, 0.717) is 0 Å². The molecule has 1 saturated heterocycles. The molecule has 0 aromatic rings. The van der Waals surface area contributed by atoms with Crippen molar-refractivity contribution in [3.8, 4) is 0 Å². The van der Waals surface area contributed by atoms with E-state index in [1.54, 1.807) is 0 Å². The van der Waals surface area contributed by atoms with Gasteiger partial charge in [0, 0.05) is 18.6 Å². The molecule has 1 rings (SSSR count). The molecule has 1 heterocycles. The first kappa shape index (κ1) is 14.9. The Bertz CT molecular complexity index is 206. The second kappa shape index (κ2) is 6.72. The van der Waals surface area contributed by atoms with E-state index >= 15 is 0 Å². The first-order chi connectivity index (χ1) is 7.93. The molecule has 1 aliphatic rings. The van der Waals surface area contributed by atoms with Crippen LogP contribution in [0, 0.1) is 5.92 Å². The van der Waals surface area contributed by atoms with Gasteiger partial charge >= 0.3 is 0 Å². The van der Waals surface area contributed by atoms with Crippen LogP contribution in [0.2, 0.25) is 0 Å². The highest BCUT2D eigenvalue weighted by Gasteiger charge is 2.24. The summed E-state index contributed by atoms with van der Waals surface area (Å²) in [5, 5.41) is 3.56. The number of nitrogens with zero attached hydrogens (tertiary/aromatic N) is 2. The first-order valence-corrected chi connectivity index (χ1v) is 7.05. The van der Waals surface area contributed by atoms with Crippen molar-refractivity contribution in [1.82, 2.24) is 15.1 Å². The van der Waals surface area contributed by atoms with E-state index in [9.17, 15) is 0 Å². The number of rotatable bonds is 6. The largest absolute Gasteiger partial charge is 0.311 e. The predicted octanol–water partition coefficient (Wildman–Crippen LogP) is 1.65. The molecule has 0 aromatic carbocycles. The standard InChI is InChI=1S/C14H31N3/c1-6-15-14(2,3)12-17-9-7-13(8-10-17)11-16(4)5/h13,15H,6-12H2,1-5H3. The summed E-state index contributed by atoms with van der Waals surface area (Å²) in [6.07, 6.45) is 2.72. The van der Waals surface area contributed by atoms with Crippen molar-refractivity contribution in [3.63, 3.8) is 0 Å². The maximum absolute atomic E-state index is 3.56. The highest BCUT2D eigenvalue weighted by atomic mass is 15.2. The average molecular weight is 241 g/mol. The second-order valence-corrected chi connectivity index (χ2v) is 6.40. The van der Waals surface area contributed by atoms with Gasteiger partial charge in [0.15, 0.2) is 0 Å². The Morgan fingerprint density at radius 1 is 1.24 bits per heavy atom. The van der Waals surface area contributed by atoms with Crippen molar-refractivity contribution in [1.29, 1.82) is 0 Å². The lowest BCUT2D eigenvalue weighted by atomic mass is 9.94. The smallest absolute Gasteiger partial charge is 0.0252 e. The zero-order valence-corrected chi connectivity index (χ0v) is 12.4. The number of nitrogens with one attached hydrogen (secondary N) is 1. The second-order valence-electron chi connectivity index (χ2n) is 6.40. The third-order valence-electron chi connectivity index (χ3n) is 3.60. The minimum atomic E-state index is 0.253. The fraction of sp³-hybridized carbons (Fsp3) is 1.00. The summed E-state index contributed by atoms with van der Waals surface area (Å²) >= 11 is 0. The summed E-state index contributed by atoms with van der Waals surface area (Å²) in [7, 11) is 4.36. The molecule has 0 amide bonds.